The monoisotopic (exact) mass is 253 g/mol. The molecule has 1 aromatic rings. The topological polar surface area (TPSA) is 21.6 Å². The molecular formula is C12H15NOS2. The van der Waals surface area contributed by atoms with Gasteiger partial charge in [0.15, 0.2) is 0 Å². The van der Waals surface area contributed by atoms with E-state index in [1.807, 2.05) is 49.1 Å². The molecule has 0 N–H and O–H groups in total. The van der Waals surface area contributed by atoms with E-state index in [9.17, 15) is 0 Å². The van der Waals surface area contributed by atoms with E-state index in [4.69, 9.17) is 4.74 Å². The van der Waals surface area contributed by atoms with Gasteiger partial charge in [0.1, 0.15) is 10.1 Å². The Bertz CT molecular complexity index is 365. The van der Waals surface area contributed by atoms with Crippen LogP contribution in [0.1, 0.15) is 5.56 Å². The van der Waals surface area contributed by atoms with Crippen molar-refractivity contribution in [2.75, 3.05) is 19.6 Å². The van der Waals surface area contributed by atoms with Crippen LogP contribution in [0.25, 0.3) is 6.08 Å². The first-order chi connectivity index (χ1) is 7.80. The fourth-order valence-corrected chi connectivity index (χ4v) is 2.09. The molecule has 0 amide bonds. The molecule has 0 unspecified atom stereocenters. The van der Waals surface area contributed by atoms with Crippen LogP contribution in [0.15, 0.2) is 35.5 Å². The molecule has 0 radical (unpaired) electrons. The third kappa shape index (κ3) is 4.33. The third-order valence-corrected chi connectivity index (χ3v) is 3.82. The van der Waals surface area contributed by atoms with Crippen LogP contribution in [0, 0.1) is 0 Å². The normalized spacial score (nSPS) is 10.4. The first kappa shape index (κ1) is 13.2. The van der Waals surface area contributed by atoms with Crippen LogP contribution in [0.3, 0.4) is 0 Å². The molecule has 16 heavy (non-hydrogen) atoms. The Labute approximate surface area is 105 Å². The number of methoxy groups -OCH3 is 1. The Hall–Kier alpha value is -0.870. The van der Waals surface area contributed by atoms with Gasteiger partial charge in [-0.15, -0.1) is 23.5 Å². The van der Waals surface area contributed by atoms with E-state index in [2.05, 4.69) is 4.99 Å². The number of rotatable bonds is 3. The zero-order chi connectivity index (χ0) is 11.8. The molecule has 0 spiro atoms. The van der Waals surface area contributed by atoms with Crippen molar-refractivity contribution in [1.29, 1.82) is 0 Å². The zero-order valence-electron chi connectivity index (χ0n) is 9.64. The smallest absolute Gasteiger partial charge is 0.129 e. The van der Waals surface area contributed by atoms with E-state index in [0.717, 1.165) is 15.7 Å². The molecule has 86 valence electrons. The lowest BCUT2D eigenvalue weighted by Crippen LogP contribution is -1.81. The quantitative estimate of drug-likeness (QED) is 0.605. The summed E-state index contributed by atoms with van der Waals surface area (Å²) in [6.45, 7) is 0. The van der Waals surface area contributed by atoms with Crippen LogP contribution >= 0.6 is 23.5 Å². The Morgan fingerprint density at radius 3 is 2.31 bits per heavy atom. The average Bonchev–Trinajstić information content (AvgIpc) is 2.35. The highest BCUT2D eigenvalue weighted by atomic mass is 32.2. The van der Waals surface area contributed by atoms with Gasteiger partial charge in [-0.25, -0.2) is 4.99 Å². The summed E-state index contributed by atoms with van der Waals surface area (Å²) in [5, 5.41) is 0. The van der Waals surface area contributed by atoms with E-state index in [1.54, 1.807) is 30.6 Å². The predicted octanol–water partition coefficient (Wildman–Crippen LogP) is 3.75. The van der Waals surface area contributed by atoms with Gasteiger partial charge in [0.25, 0.3) is 0 Å². The first-order valence-corrected chi connectivity index (χ1v) is 7.21. The minimum atomic E-state index is 0.870. The maximum absolute atomic E-state index is 5.09. The van der Waals surface area contributed by atoms with Crippen molar-refractivity contribution < 1.29 is 4.74 Å². The molecule has 2 nitrogen and oxygen atoms in total. The van der Waals surface area contributed by atoms with Gasteiger partial charge in [-0.3, -0.25) is 0 Å². The van der Waals surface area contributed by atoms with Crippen molar-refractivity contribution in [2.24, 2.45) is 4.99 Å². The molecule has 0 heterocycles. The van der Waals surface area contributed by atoms with Crippen LogP contribution < -0.4 is 4.74 Å². The predicted molar refractivity (Wildman–Crippen MR) is 76.5 cm³/mol. The summed E-state index contributed by atoms with van der Waals surface area (Å²) in [6.07, 6.45) is 7.85. The van der Waals surface area contributed by atoms with Gasteiger partial charge >= 0.3 is 0 Å². The molecule has 0 saturated carbocycles. The third-order valence-electron chi connectivity index (χ3n) is 1.91. The van der Waals surface area contributed by atoms with Crippen LogP contribution in [-0.4, -0.2) is 24.0 Å². The summed E-state index contributed by atoms with van der Waals surface area (Å²) in [6, 6.07) is 7.88. The summed E-state index contributed by atoms with van der Waals surface area (Å²) < 4.78 is 6.15. The van der Waals surface area contributed by atoms with E-state index in [-0.39, 0.29) is 0 Å². The van der Waals surface area contributed by atoms with E-state index in [1.165, 1.54) is 0 Å². The summed E-state index contributed by atoms with van der Waals surface area (Å²) in [5.41, 5.74) is 1.12. The van der Waals surface area contributed by atoms with Crippen LogP contribution in [-0.2, 0) is 0 Å². The standard InChI is InChI=1S/C12H15NOS2/c1-14-11-6-4-10(5-7-11)8-9-13-12(15-2)16-3/h4-9H,1-3H3/b9-8+. The molecular weight excluding hydrogens is 238 g/mol. The van der Waals surface area contributed by atoms with Gasteiger partial charge in [-0.2, -0.15) is 0 Å². The lowest BCUT2D eigenvalue weighted by Gasteiger charge is -1.98. The highest BCUT2D eigenvalue weighted by Crippen LogP contribution is 2.14. The summed E-state index contributed by atoms with van der Waals surface area (Å²) in [7, 11) is 1.67. The van der Waals surface area contributed by atoms with Crippen molar-refractivity contribution in [2.45, 2.75) is 0 Å². The van der Waals surface area contributed by atoms with Gasteiger partial charge < -0.3 is 4.74 Å². The van der Waals surface area contributed by atoms with Crippen LogP contribution in [0.5, 0.6) is 5.75 Å². The van der Waals surface area contributed by atoms with E-state index >= 15 is 0 Å². The SMILES string of the molecule is COc1ccc(/C=C/N=C(SC)SC)cc1. The van der Waals surface area contributed by atoms with Crippen LogP contribution in [0.2, 0.25) is 0 Å². The number of hydrogen-bond acceptors (Lipinski definition) is 4. The number of nitrogens with zero attached hydrogens (tertiary/aromatic N) is 1. The van der Waals surface area contributed by atoms with E-state index < -0.39 is 0 Å². The molecule has 0 saturated heterocycles. The second-order valence-electron chi connectivity index (χ2n) is 2.89. The highest BCUT2D eigenvalue weighted by Gasteiger charge is 1.91. The molecule has 0 aliphatic rings. The van der Waals surface area contributed by atoms with Crippen molar-refractivity contribution in [3.63, 3.8) is 0 Å². The molecule has 0 bridgehead atoms. The van der Waals surface area contributed by atoms with Crippen molar-refractivity contribution in [3.05, 3.63) is 36.0 Å². The molecule has 1 aromatic carbocycles. The number of ether oxygens (including phenoxy) is 1. The van der Waals surface area contributed by atoms with Gasteiger partial charge in [0, 0.05) is 6.20 Å². The summed E-state index contributed by atoms with van der Waals surface area (Å²) >= 11 is 3.31. The first-order valence-electron chi connectivity index (χ1n) is 4.76. The molecule has 0 aliphatic carbocycles. The second-order valence-corrected chi connectivity index (χ2v) is 4.74. The Balaban J connectivity index is 2.65. The van der Waals surface area contributed by atoms with E-state index in [0.29, 0.717) is 0 Å². The maximum Gasteiger partial charge on any atom is 0.129 e. The molecule has 0 atom stereocenters. The van der Waals surface area contributed by atoms with Gasteiger partial charge in [-0.1, -0.05) is 12.1 Å². The fourth-order valence-electron chi connectivity index (χ4n) is 1.09. The lowest BCUT2D eigenvalue weighted by atomic mass is 10.2. The molecule has 4 heteroatoms. The summed E-state index contributed by atoms with van der Waals surface area (Å²) in [5.74, 6) is 0.870. The van der Waals surface area contributed by atoms with Gasteiger partial charge in [0.2, 0.25) is 0 Å². The summed E-state index contributed by atoms with van der Waals surface area (Å²) in [4.78, 5) is 4.33. The molecule has 0 aromatic heterocycles. The number of aliphatic imine (C=N–C) groups is 1. The largest absolute Gasteiger partial charge is 0.497 e. The maximum atomic E-state index is 5.09. The Morgan fingerprint density at radius 1 is 1.19 bits per heavy atom. The minimum absolute atomic E-state index is 0.870. The highest BCUT2D eigenvalue weighted by molar-refractivity contribution is 8.38. The fraction of sp³-hybridized carbons (Fsp3) is 0.250. The molecule has 1 rings (SSSR count). The minimum Gasteiger partial charge on any atom is -0.497 e. The van der Waals surface area contributed by atoms with Gasteiger partial charge in [0.05, 0.1) is 7.11 Å². The second kappa shape index (κ2) is 7.41. The van der Waals surface area contributed by atoms with Crippen LogP contribution in [0.4, 0.5) is 0 Å². The Kier molecular flexibility index (Phi) is 6.11. The Morgan fingerprint density at radius 2 is 1.81 bits per heavy atom. The number of benzene rings is 1. The number of hydrogen-bond donors (Lipinski definition) is 0. The van der Waals surface area contributed by atoms with Crippen molar-refractivity contribution in [3.8, 4) is 5.75 Å². The molecule has 0 fully saturated rings. The van der Waals surface area contributed by atoms with Crippen molar-refractivity contribution >= 4 is 34.0 Å². The zero-order valence-corrected chi connectivity index (χ0v) is 11.3. The lowest BCUT2D eigenvalue weighted by molar-refractivity contribution is 0.415. The van der Waals surface area contributed by atoms with Crippen molar-refractivity contribution in [1.82, 2.24) is 0 Å². The average molecular weight is 253 g/mol. The molecule has 0 aliphatic heterocycles. The number of thioether (sulfide) groups is 2. The van der Waals surface area contributed by atoms with Gasteiger partial charge in [-0.05, 0) is 36.3 Å².